The van der Waals surface area contributed by atoms with E-state index in [-0.39, 0.29) is 11.2 Å². The van der Waals surface area contributed by atoms with Gasteiger partial charge < -0.3 is 25.2 Å². The lowest BCUT2D eigenvalue weighted by Crippen LogP contribution is -2.46. The first-order valence-corrected chi connectivity index (χ1v) is 7.73. The molecule has 0 saturated carbocycles. The highest BCUT2D eigenvalue weighted by Crippen LogP contribution is 2.14. The Labute approximate surface area is 127 Å². The van der Waals surface area contributed by atoms with Gasteiger partial charge in [-0.1, -0.05) is 17.7 Å². The lowest BCUT2D eigenvalue weighted by molar-refractivity contribution is -0.135. The summed E-state index contributed by atoms with van der Waals surface area (Å²) in [6.07, 6.45) is -7.65. The number of aryl methyl sites for hydroxylation is 1. The van der Waals surface area contributed by atoms with E-state index in [4.69, 9.17) is 5.11 Å². The van der Waals surface area contributed by atoms with Gasteiger partial charge in [0.1, 0.15) is 24.4 Å². The van der Waals surface area contributed by atoms with Crippen molar-refractivity contribution in [3.8, 4) is 0 Å². The molecule has 1 rings (SSSR count). The zero-order chi connectivity index (χ0) is 16.9. The summed E-state index contributed by atoms with van der Waals surface area (Å²) >= 11 is 0. The van der Waals surface area contributed by atoms with Crippen LogP contribution < -0.4 is 0 Å². The van der Waals surface area contributed by atoms with E-state index in [0.29, 0.717) is 0 Å². The Morgan fingerprint density at radius 1 is 1.09 bits per heavy atom. The van der Waals surface area contributed by atoms with Crippen molar-refractivity contribution in [1.82, 2.24) is 0 Å². The number of aliphatic hydroxyl groups is 4. The number of aliphatic hydroxyl groups excluding tert-OH is 4. The van der Waals surface area contributed by atoms with Crippen molar-refractivity contribution < 1.29 is 37.8 Å². The van der Waals surface area contributed by atoms with Gasteiger partial charge in [0.25, 0.3) is 10.1 Å². The molecule has 0 bridgehead atoms. The second-order valence-corrected chi connectivity index (χ2v) is 6.34. The van der Waals surface area contributed by atoms with Crippen LogP contribution in [-0.2, 0) is 19.1 Å². The highest BCUT2D eigenvalue weighted by atomic mass is 32.2. The molecular weight excluding hydrogens is 316 g/mol. The Hall–Kier alpha value is -1.36. The van der Waals surface area contributed by atoms with Crippen molar-refractivity contribution in [2.45, 2.75) is 36.2 Å². The van der Waals surface area contributed by atoms with E-state index in [2.05, 4.69) is 4.18 Å². The molecule has 22 heavy (non-hydrogen) atoms. The van der Waals surface area contributed by atoms with Gasteiger partial charge in [0.15, 0.2) is 6.29 Å². The maximum atomic E-state index is 11.8. The van der Waals surface area contributed by atoms with Crippen LogP contribution in [0.15, 0.2) is 29.2 Å². The molecule has 0 aromatic heterocycles. The number of benzene rings is 1. The van der Waals surface area contributed by atoms with Crippen molar-refractivity contribution in [3.05, 3.63) is 29.8 Å². The number of hydrogen-bond donors (Lipinski definition) is 4. The van der Waals surface area contributed by atoms with Crippen LogP contribution in [0.1, 0.15) is 5.56 Å². The molecule has 0 aliphatic carbocycles. The minimum Gasteiger partial charge on any atom is -0.388 e. The van der Waals surface area contributed by atoms with Crippen LogP contribution in [0.2, 0.25) is 0 Å². The molecular formula is C13H18O8S. The Morgan fingerprint density at radius 3 is 2.14 bits per heavy atom. The normalized spacial score (nSPS) is 17.5. The van der Waals surface area contributed by atoms with Crippen molar-refractivity contribution in [2.24, 2.45) is 0 Å². The fourth-order valence-electron chi connectivity index (χ4n) is 1.54. The molecule has 0 spiro atoms. The minimum absolute atomic E-state index is 0.0233. The number of carbonyl (C=O) groups is 1. The van der Waals surface area contributed by atoms with Gasteiger partial charge in [0.05, 0.1) is 11.5 Å². The number of carbonyl (C=O) groups excluding carboxylic acids is 1. The van der Waals surface area contributed by atoms with Crippen LogP contribution in [0, 0.1) is 6.92 Å². The van der Waals surface area contributed by atoms with Crippen molar-refractivity contribution in [2.75, 3.05) is 6.61 Å². The van der Waals surface area contributed by atoms with E-state index in [9.17, 15) is 28.5 Å². The van der Waals surface area contributed by atoms with Gasteiger partial charge in [0, 0.05) is 0 Å². The highest BCUT2D eigenvalue weighted by molar-refractivity contribution is 7.86. The molecule has 0 heterocycles. The van der Waals surface area contributed by atoms with E-state index in [1.807, 2.05) is 0 Å². The predicted octanol–water partition coefficient (Wildman–Crippen LogP) is -1.66. The molecule has 0 aliphatic rings. The predicted molar refractivity (Wildman–Crippen MR) is 74.4 cm³/mol. The van der Waals surface area contributed by atoms with Gasteiger partial charge in [-0.25, -0.2) is 0 Å². The Morgan fingerprint density at radius 2 is 1.64 bits per heavy atom. The highest BCUT2D eigenvalue weighted by Gasteiger charge is 2.31. The second-order valence-electron chi connectivity index (χ2n) is 4.73. The second kappa shape index (κ2) is 7.77. The first-order chi connectivity index (χ1) is 10.2. The number of hydrogen-bond acceptors (Lipinski definition) is 8. The van der Waals surface area contributed by atoms with Crippen LogP contribution in [0.25, 0.3) is 0 Å². The van der Waals surface area contributed by atoms with Crippen LogP contribution in [0.4, 0.5) is 0 Å². The third kappa shape index (κ3) is 4.83. The maximum absolute atomic E-state index is 11.8. The summed E-state index contributed by atoms with van der Waals surface area (Å²) in [5.74, 6) is 0. The van der Waals surface area contributed by atoms with Gasteiger partial charge in [0.2, 0.25) is 0 Å². The number of rotatable bonds is 8. The average molecular weight is 334 g/mol. The fraction of sp³-hybridized carbons (Fsp3) is 0.462. The van der Waals surface area contributed by atoms with Gasteiger partial charge in [-0.05, 0) is 19.1 Å². The van der Waals surface area contributed by atoms with Crippen molar-refractivity contribution >= 4 is 16.4 Å². The largest absolute Gasteiger partial charge is 0.388 e. The molecule has 124 valence electrons. The first-order valence-electron chi connectivity index (χ1n) is 6.32. The molecule has 0 saturated heterocycles. The fourth-order valence-corrected chi connectivity index (χ4v) is 2.47. The molecule has 8 nitrogen and oxygen atoms in total. The Bertz CT molecular complexity index is 583. The zero-order valence-corrected chi connectivity index (χ0v) is 12.5. The lowest BCUT2D eigenvalue weighted by atomic mass is 10.0. The topological polar surface area (TPSA) is 141 Å². The molecule has 0 fully saturated rings. The first kappa shape index (κ1) is 18.7. The van der Waals surface area contributed by atoms with E-state index in [0.717, 1.165) is 5.56 Å². The SMILES string of the molecule is Cc1ccc(S(=O)(=O)OCC(O)C(O)C(O)C(O)C=O)cc1. The molecule has 4 unspecified atom stereocenters. The third-order valence-electron chi connectivity index (χ3n) is 2.94. The number of aldehydes is 1. The molecule has 0 amide bonds. The van der Waals surface area contributed by atoms with Crippen molar-refractivity contribution in [1.29, 1.82) is 0 Å². The van der Waals surface area contributed by atoms with E-state index < -0.39 is 41.1 Å². The smallest absolute Gasteiger partial charge is 0.297 e. The van der Waals surface area contributed by atoms with E-state index in [1.165, 1.54) is 12.1 Å². The summed E-state index contributed by atoms with van der Waals surface area (Å²) in [6, 6.07) is 5.76. The van der Waals surface area contributed by atoms with Gasteiger partial charge in [-0.2, -0.15) is 8.42 Å². The molecule has 1 aromatic carbocycles. The lowest BCUT2D eigenvalue weighted by Gasteiger charge is -2.23. The molecule has 9 heteroatoms. The molecule has 4 N–H and O–H groups in total. The zero-order valence-electron chi connectivity index (χ0n) is 11.7. The Kier molecular flexibility index (Phi) is 6.60. The molecule has 0 radical (unpaired) electrons. The summed E-state index contributed by atoms with van der Waals surface area (Å²) in [5, 5.41) is 37.4. The summed E-state index contributed by atoms with van der Waals surface area (Å²) in [7, 11) is -4.14. The molecule has 4 atom stereocenters. The van der Waals surface area contributed by atoms with Crippen LogP contribution >= 0.6 is 0 Å². The summed E-state index contributed by atoms with van der Waals surface area (Å²) in [6.45, 7) is 0.928. The monoisotopic (exact) mass is 334 g/mol. The van der Waals surface area contributed by atoms with E-state index in [1.54, 1.807) is 19.1 Å². The summed E-state index contributed by atoms with van der Waals surface area (Å²) in [4.78, 5) is 10.1. The van der Waals surface area contributed by atoms with E-state index >= 15 is 0 Å². The van der Waals surface area contributed by atoms with Crippen LogP contribution in [-0.4, -0.2) is 66.2 Å². The molecule has 0 aliphatic heterocycles. The van der Waals surface area contributed by atoms with Gasteiger partial charge in [-0.3, -0.25) is 4.18 Å². The van der Waals surface area contributed by atoms with Crippen LogP contribution in [0.5, 0.6) is 0 Å². The molecule has 1 aromatic rings. The summed E-state index contributed by atoms with van der Waals surface area (Å²) in [5.41, 5.74) is 0.848. The van der Waals surface area contributed by atoms with Crippen molar-refractivity contribution in [3.63, 3.8) is 0 Å². The maximum Gasteiger partial charge on any atom is 0.297 e. The quantitative estimate of drug-likeness (QED) is 0.327. The Balaban J connectivity index is 2.68. The third-order valence-corrected chi connectivity index (χ3v) is 4.23. The average Bonchev–Trinajstić information content (AvgIpc) is 2.50. The summed E-state index contributed by atoms with van der Waals surface area (Å²) < 4.78 is 28.3. The van der Waals surface area contributed by atoms with Gasteiger partial charge in [-0.15, -0.1) is 0 Å². The van der Waals surface area contributed by atoms with Gasteiger partial charge >= 0.3 is 0 Å². The standard InChI is InChI=1S/C13H18O8S/c1-8-2-4-9(5-3-8)22(19,20)21-7-11(16)13(18)12(17)10(15)6-14/h2-6,10-13,15-18H,7H2,1H3. The minimum atomic E-state index is -4.14. The van der Waals surface area contributed by atoms with Crippen LogP contribution in [0.3, 0.4) is 0 Å².